The molecule has 1 aromatic heterocycles. The Morgan fingerprint density at radius 2 is 2.18 bits per heavy atom. The van der Waals surface area contributed by atoms with Gasteiger partial charge in [0, 0.05) is 29.5 Å². The van der Waals surface area contributed by atoms with E-state index < -0.39 is 10.0 Å². The van der Waals surface area contributed by atoms with E-state index in [4.69, 9.17) is 9.84 Å². The SMILES string of the molecule is O=S(=O)(NC1CCOCC1)c1csc(CO)c1. The van der Waals surface area contributed by atoms with E-state index in [9.17, 15) is 8.42 Å². The maximum atomic E-state index is 12.0. The number of hydrogen-bond acceptors (Lipinski definition) is 5. The lowest BCUT2D eigenvalue weighted by atomic mass is 10.1. The van der Waals surface area contributed by atoms with Crippen molar-refractivity contribution < 1.29 is 18.3 Å². The van der Waals surface area contributed by atoms with Crippen LogP contribution in [-0.2, 0) is 21.4 Å². The van der Waals surface area contributed by atoms with Gasteiger partial charge in [-0.25, -0.2) is 13.1 Å². The average molecular weight is 277 g/mol. The molecule has 1 aliphatic heterocycles. The molecule has 2 heterocycles. The highest BCUT2D eigenvalue weighted by molar-refractivity contribution is 7.89. The number of aliphatic hydroxyl groups is 1. The number of hydrogen-bond donors (Lipinski definition) is 2. The highest BCUT2D eigenvalue weighted by Crippen LogP contribution is 2.20. The van der Waals surface area contributed by atoms with Crippen molar-refractivity contribution in [1.29, 1.82) is 0 Å². The zero-order valence-electron chi connectivity index (χ0n) is 9.26. The van der Waals surface area contributed by atoms with Gasteiger partial charge in [-0.05, 0) is 18.9 Å². The number of thiophene rings is 1. The van der Waals surface area contributed by atoms with Crippen molar-refractivity contribution in [3.8, 4) is 0 Å². The van der Waals surface area contributed by atoms with Gasteiger partial charge in [0.25, 0.3) is 0 Å². The lowest BCUT2D eigenvalue weighted by Crippen LogP contribution is -2.38. The zero-order valence-corrected chi connectivity index (χ0v) is 10.9. The van der Waals surface area contributed by atoms with Crippen molar-refractivity contribution in [2.45, 2.75) is 30.4 Å². The molecule has 0 atom stereocenters. The van der Waals surface area contributed by atoms with E-state index >= 15 is 0 Å². The first-order valence-electron chi connectivity index (χ1n) is 5.40. The third kappa shape index (κ3) is 3.26. The number of sulfonamides is 1. The maximum absolute atomic E-state index is 12.0. The van der Waals surface area contributed by atoms with Gasteiger partial charge in [0.2, 0.25) is 10.0 Å². The molecule has 1 fully saturated rings. The molecule has 96 valence electrons. The lowest BCUT2D eigenvalue weighted by Gasteiger charge is -2.22. The third-order valence-corrected chi connectivity index (χ3v) is 5.21. The molecule has 2 N–H and O–H groups in total. The van der Waals surface area contributed by atoms with E-state index in [0.29, 0.717) is 30.9 Å². The van der Waals surface area contributed by atoms with Crippen LogP contribution in [0.2, 0.25) is 0 Å². The molecule has 2 rings (SSSR count). The predicted molar refractivity (Wildman–Crippen MR) is 64.4 cm³/mol. The molecule has 0 aromatic carbocycles. The molecule has 1 aliphatic rings. The summed E-state index contributed by atoms with van der Waals surface area (Å²) in [5, 5.41) is 10.5. The van der Waals surface area contributed by atoms with Gasteiger partial charge in [0.15, 0.2) is 0 Å². The van der Waals surface area contributed by atoms with Gasteiger partial charge in [0.05, 0.1) is 11.5 Å². The zero-order chi connectivity index (χ0) is 12.3. The smallest absolute Gasteiger partial charge is 0.241 e. The molecular weight excluding hydrogens is 262 g/mol. The fourth-order valence-corrected chi connectivity index (χ4v) is 4.13. The van der Waals surface area contributed by atoms with Gasteiger partial charge in [-0.3, -0.25) is 0 Å². The molecule has 17 heavy (non-hydrogen) atoms. The number of rotatable bonds is 4. The van der Waals surface area contributed by atoms with Crippen LogP contribution < -0.4 is 4.72 Å². The van der Waals surface area contributed by atoms with Crippen LogP contribution in [0.15, 0.2) is 16.3 Å². The molecular formula is C10H15NO4S2. The Kier molecular flexibility index (Phi) is 4.16. The van der Waals surface area contributed by atoms with Crippen LogP contribution in [0.25, 0.3) is 0 Å². The van der Waals surface area contributed by atoms with Crippen LogP contribution in [0.3, 0.4) is 0 Å². The van der Waals surface area contributed by atoms with Crippen LogP contribution in [0.5, 0.6) is 0 Å². The standard InChI is InChI=1S/C10H15NO4S2/c12-6-9-5-10(7-16-9)17(13,14)11-8-1-3-15-4-2-8/h5,7-8,11-12H,1-4,6H2. The van der Waals surface area contributed by atoms with Crippen LogP contribution >= 0.6 is 11.3 Å². The molecule has 0 radical (unpaired) electrons. The Bertz CT molecular complexity index is 462. The van der Waals surface area contributed by atoms with Crippen molar-refractivity contribution in [3.05, 3.63) is 16.3 Å². The summed E-state index contributed by atoms with van der Waals surface area (Å²) < 4.78 is 31.8. The maximum Gasteiger partial charge on any atom is 0.241 e. The molecule has 1 saturated heterocycles. The molecule has 1 aromatic rings. The van der Waals surface area contributed by atoms with Gasteiger partial charge in [-0.2, -0.15) is 0 Å². The fraction of sp³-hybridized carbons (Fsp3) is 0.600. The Hall–Kier alpha value is -0.470. The molecule has 0 aliphatic carbocycles. The molecule has 0 saturated carbocycles. The largest absolute Gasteiger partial charge is 0.391 e. The van der Waals surface area contributed by atoms with Gasteiger partial charge in [0.1, 0.15) is 0 Å². The van der Waals surface area contributed by atoms with Crippen molar-refractivity contribution in [2.24, 2.45) is 0 Å². The predicted octanol–water partition coefficient (Wildman–Crippen LogP) is 0.698. The number of nitrogens with one attached hydrogen (secondary N) is 1. The third-order valence-electron chi connectivity index (χ3n) is 2.64. The van der Waals surface area contributed by atoms with E-state index in [-0.39, 0.29) is 17.5 Å². The van der Waals surface area contributed by atoms with Crippen molar-refractivity contribution >= 4 is 21.4 Å². The van der Waals surface area contributed by atoms with Crippen LogP contribution in [0.1, 0.15) is 17.7 Å². The normalized spacial score (nSPS) is 18.4. The molecule has 0 amide bonds. The van der Waals surface area contributed by atoms with E-state index in [1.807, 2.05) is 0 Å². The van der Waals surface area contributed by atoms with Crippen LogP contribution in [0, 0.1) is 0 Å². The Labute approximate surface area is 104 Å². The average Bonchev–Trinajstić information content (AvgIpc) is 2.79. The first-order valence-corrected chi connectivity index (χ1v) is 7.76. The summed E-state index contributed by atoms with van der Waals surface area (Å²) in [7, 11) is -3.46. The van der Waals surface area contributed by atoms with E-state index in [1.165, 1.54) is 17.4 Å². The highest BCUT2D eigenvalue weighted by Gasteiger charge is 2.22. The summed E-state index contributed by atoms with van der Waals surface area (Å²) in [6, 6.07) is 1.46. The second-order valence-electron chi connectivity index (χ2n) is 3.91. The summed E-state index contributed by atoms with van der Waals surface area (Å²) in [6.07, 6.45) is 1.41. The van der Waals surface area contributed by atoms with Gasteiger partial charge < -0.3 is 9.84 Å². The van der Waals surface area contributed by atoms with E-state index in [1.54, 1.807) is 5.38 Å². The van der Waals surface area contributed by atoms with E-state index in [2.05, 4.69) is 4.72 Å². The quantitative estimate of drug-likeness (QED) is 0.849. The van der Waals surface area contributed by atoms with Crippen molar-refractivity contribution in [1.82, 2.24) is 4.72 Å². The lowest BCUT2D eigenvalue weighted by molar-refractivity contribution is 0.0832. The minimum Gasteiger partial charge on any atom is -0.391 e. The van der Waals surface area contributed by atoms with Gasteiger partial charge >= 0.3 is 0 Å². The second-order valence-corrected chi connectivity index (χ2v) is 6.62. The van der Waals surface area contributed by atoms with Crippen LogP contribution in [0.4, 0.5) is 0 Å². The molecule has 0 spiro atoms. The molecule has 0 bridgehead atoms. The van der Waals surface area contributed by atoms with E-state index in [0.717, 1.165) is 0 Å². The Balaban J connectivity index is 2.07. The Morgan fingerprint density at radius 1 is 1.47 bits per heavy atom. The first-order chi connectivity index (χ1) is 8.12. The monoisotopic (exact) mass is 277 g/mol. The second kappa shape index (κ2) is 5.45. The van der Waals surface area contributed by atoms with Crippen molar-refractivity contribution in [2.75, 3.05) is 13.2 Å². The van der Waals surface area contributed by atoms with Gasteiger partial charge in [-0.15, -0.1) is 11.3 Å². The number of aliphatic hydroxyl groups excluding tert-OH is 1. The molecule has 5 nitrogen and oxygen atoms in total. The molecule has 0 unspecified atom stereocenters. The summed E-state index contributed by atoms with van der Waals surface area (Å²) in [5.41, 5.74) is 0. The summed E-state index contributed by atoms with van der Waals surface area (Å²) in [4.78, 5) is 0.885. The fourth-order valence-electron chi connectivity index (χ4n) is 1.69. The summed E-state index contributed by atoms with van der Waals surface area (Å²) in [6.45, 7) is 1.06. The highest BCUT2D eigenvalue weighted by atomic mass is 32.2. The number of ether oxygens (including phenoxy) is 1. The van der Waals surface area contributed by atoms with Gasteiger partial charge in [-0.1, -0.05) is 0 Å². The van der Waals surface area contributed by atoms with Crippen molar-refractivity contribution in [3.63, 3.8) is 0 Å². The summed E-state index contributed by atoms with van der Waals surface area (Å²) >= 11 is 1.24. The van der Waals surface area contributed by atoms with Crippen LogP contribution in [-0.4, -0.2) is 32.8 Å². The minimum atomic E-state index is -3.46. The first kappa shape index (κ1) is 13.0. The summed E-state index contributed by atoms with van der Waals surface area (Å²) in [5.74, 6) is 0. The Morgan fingerprint density at radius 3 is 2.76 bits per heavy atom. The topological polar surface area (TPSA) is 75.6 Å². The molecule has 7 heteroatoms. The minimum absolute atomic E-state index is 0.0498.